The summed E-state index contributed by atoms with van der Waals surface area (Å²) >= 11 is 7.71. The molecule has 1 unspecified atom stereocenters. The molecule has 0 aliphatic heterocycles. The normalized spacial score (nSPS) is 12.4. The third kappa shape index (κ3) is 3.24. The van der Waals surface area contributed by atoms with Crippen LogP contribution in [0.3, 0.4) is 0 Å². The van der Waals surface area contributed by atoms with Crippen molar-refractivity contribution in [2.24, 2.45) is 0 Å². The summed E-state index contributed by atoms with van der Waals surface area (Å²) in [7, 11) is 0. The van der Waals surface area contributed by atoms with E-state index in [0.717, 1.165) is 11.1 Å². The molecule has 1 heterocycles. The summed E-state index contributed by atoms with van der Waals surface area (Å²) in [4.78, 5) is 27.2. The lowest BCUT2D eigenvalue weighted by Crippen LogP contribution is -2.38. The molecule has 2 aromatic rings. The van der Waals surface area contributed by atoms with Gasteiger partial charge >= 0.3 is 5.69 Å². The number of aryl methyl sites for hydroxylation is 1. The minimum atomic E-state index is -0.469. The van der Waals surface area contributed by atoms with Gasteiger partial charge in [0.15, 0.2) is 0 Å². The van der Waals surface area contributed by atoms with Gasteiger partial charge in [-0.15, -0.1) is 0 Å². The van der Waals surface area contributed by atoms with E-state index in [1.165, 1.54) is 4.57 Å². The fraction of sp³-hybridized carbons (Fsp3) is 0.333. The van der Waals surface area contributed by atoms with Crippen molar-refractivity contribution < 1.29 is 0 Å². The Balaban J connectivity index is 2.68. The first-order valence-corrected chi connectivity index (χ1v) is 8.23. The van der Waals surface area contributed by atoms with E-state index < -0.39 is 5.69 Å². The molecule has 4 nitrogen and oxygen atoms in total. The molecule has 6 heteroatoms. The van der Waals surface area contributed by atoms with Gasteiger partial charge in [0.2, 0.25) is 0 Å². The van der Waals surface area contributed by atoms with Crippen LogP contribution in [-0.4, -0.2) is 21.1 Å². The fourth-order valence-corrected chi connectivity index (χ4v) is 2.69. The molecule has 0 spiro atoms. The Hall–Kier alpha value is -1.46. The number of hydrogen-bond acceptors (Lipinski definition) is 3. The van der Waals surface area contributed by atoms with Gasteiger partial charge in [-0.05, 0) is 24.3 Å². The lowest BCUT2D eigenvalue weighted by molar-refractivity contribution is 0.627. The number of nitrogens with zero attached hydrogens (tertiary/aromatic N) is 1. The Kier molecular flexibility index (Phi) is 4.96. The van der Waals surface area contributed by atoms with E-state index in [-0.39, 0.29) is 16.0 Å². The largest absolute Gasteiger partial charge is 0.329 e. The molecule has 112 valence electrons. The lowest BCUT2D eigenvalue weighted by Gasteiger charge is -2.13. The highest BCUT2D eigenvalue weighted by Crippen LogP contribution is 2.24. The van der Waals surface area contributed by atoms with Gasteiger partial charge in [-0.1, -0.05) is 42.8 Å². The molecule has 1 aromatic heterocycles. The standard InChI is InChI=1S/C15H17ClN2O2S/c1-9-6-4-5-7-11(9)12-13(16)17-15(20)18(14(12)19)8-10(2)21-3/h4-7,10H,8H2,1-3H3,(H,17,20). The summed E-state index contributed by atoms with van der Waals surface area (Å²) in [5, 5.41) is 0.252. The fourth-order valence-electron chi connectivity index (χ4n) is 2.13. The van der Waals surface area contributed by atoms with Crippen molar-refractivity contribution in [2.75, 3.05) is 6.26 Å². The third-order valence-corrected chi connectivity index (χ3v) is 4.63. The minimum Gasteiger partial charge on any atom is -0.297 e. The van der Waals surface area contributed by atoms with Crippen molar-refractivity contribution in [1.82, 2.24) is 9.55 Å². The molecule has 0 saturated heterocycles. The SMILES string of the molecule is CSC(C)Cn1c(=O)[nH]c(Cl)c(-c2ccccc2C)c1=O. The predicted molar refractivity (Wildman–Crippen MR) is 89.5 cm³/mol. The average molecular weight is 325 g/mol. The van der Waals surface area contributed by atoms with Crippen LogP contribution in [0.5, 0.6) is 0 Å². The number of aromatic nitrogens is 2. The number of nitrogens with one attached hydrogen (secondary N) is 1. The molecule has 0 amide bonds. The summed E-state index contributed by atoms with van der Waals surface area (Å²) < 4.78 is 1.22. The summed E-state index contributed by atoms with van der Waals surface area (Å²) in [5.41, 5.74) is 1.21. The highest BCUT2D eigenvalue weighted by molar-refractivity contribution is 7.99. The molecule has 0 bridgehead atoms. The van der Waals surface area contributed by atoms with Crippen LogP contribution in [0.1, 0.15) is 12.5 Å². The van der Waals surface area contributed by atoms with Crippen molar-refractivity contribution in [3.8, 4) is 11.1 Å². The van der Waals surface area contributed by atoms with Crippen molar-refractivity contribution in [1.29, 1.82) is 0 Å². The Labute approximate surface area is 132 Å². The summed E-state index contributed by atoms with van der Waals surface area (Å²) in [5.74, 6) is 0. The first-order valence-electron chi connectivity index (χ1n) is 6.57. The molecule has 0 fully saturated rings. The molecule has 0 radical (unpaired) electrons. The molecule has 0 aliphatic carbocycles. The van der Waals surface area contributed by atoms with Gasteiger partial charge in [0.05, 0.1) is 5.56 Å². The summed E-state index contributed by atoms with van der Waals surface area (Å²) in [6, 6.07) is 7.48. The Morgan fingerprint density at radius 1 is 1.33 bits per heavy atom. The average Bonchev–Trinajstić information content (AvgIpc) is 2.45. The van der Waals surface area contributed by atoms with Crippen LogP contribution in [0.15, 0.2) is 33.9 Å². The van der Waals surface area contributed by atoms with Crippen LogP contribution in [0.25, 0.3) is 11.1 Å². The number of rotatable bonds is 4. The van der Waals surface area contributed by atoms with E-state index in [0.29, 0.717) is 12.1 Å². The molecule has 1 atom stereocenters. The van der Waals surface area contributed by atoms with E-state index >= 15 is 0 Å². The second-order valence-corrected chi connectivity index (χ2v) is 6.55. The van der Waals surface area contributed by atoms with Crippen LogP contribution >= 0.6 is 23.4 Å². The van der Waals surface area contributed by atoms with E-state index in [2.05, 4.69) is 4.98 Å². The highest BCUT2D eigenvalue weighted by Gasteiger charge is 2.17. The topological polar surface area (TPSA) is 54.9 Å². The van der Waals surface area contributed by atoms with Crippen LogP contribution in [0, 0.1) is 6.92 Å². The molecule has 21 heavy (non-hydrogen) atoms. The Bertz CT molecular complexity index is 767. The summed E-state index contributed by atoms with van der Waals surface area (Å²) in [6.45, 7) is 4.23. The van der Waals surface area contributed by atoms with Crippen molar-refractivity contribution in [3.63, 3.8) is 0 Å². The zero-order valence-corrected chi connectivity index (χ0v) is 13.7. The van der Waals surface area contributed by atoms with Gasteiger partial charge in [-0.3, -0.25) is 14.3 Å². The number of hydrogen-bond donors (Lipinski definition) is 1. The number of H-pyrrole nitrogens is 1. The van der Waals surface area contributed by atoms with E-state index in [4.69, 9.17) is 11.6 Å². The smallest absolute Gasteiger partial charge is 0.297 e. The Morgan fingerprint density at radius 3 is 2.62 bits per heavy atom. The van der Waals surface area contributed by atoms with Gasteiger partial charge in [0, 0.05) is 11.8 Å². The van der Waals surface area contributed by atoms with Gasteiger partial charge < -0.3 is 0 Å². The molecule has 2 rings (SSSR count). The second-order valence-electron chi connectivity index (χ2n) is 4.90. The third-order valence-electron chi connectivity index (χ3n) is 3.40. The maximum Gasteiger partial charge on any atom is 0.329 e. The monoisotopic (exact) mass is 324 g/mol. The quantitative estimate of drug-likeness (QED) is 0.880. The van der Waals surface area contributed by atoms with E-state index in [1.54, 1.807) is 11.8 Å². The number of benzene rings is 1. The molecule has 0 aliphatic rings. The Morgan fingerprint density at radius 2 is 2.00 bits per heavy atom. The van der Waals surface area contributed by atoms with E-state index in [9.17, 15) is 9.59 Å². The lowest BCUT2D eigenvalue weighted by atomic mass is 10.0. The van der Waals surface area contributed by atoms with Gasteiger partial charge in [-0.25, -0.2) is 4.79 Å². The first kappa shape index (κ1) is 15.9. The molecule has 1 aromatic carbocycles. The molecular formula is C15H17ClN2O2S. The van der Waals surface area contributed by atoms with Crippen molar-refractivity contribution in [2.45, 2.75) is 25.6 Å². The van der Waals surface area contributed by atoms with Crippen molar-refractivity contribution >= 4 is 23.4 Å². The van der Waals surface area contributed by atoms with Crippen LogP contribution < -0.4 is 11.2 Å². The van der Waals surface area contributed by atoms with Crippen molar-refractivity contribution in [3.05, 3.63) is 55.8 Å². The molecular weight excluding hydrogens is 308 g/mol. The second kappa shape index (κ2) is 6.54. The van der Waals surface area contributed by atoms with E-state index in [1.807, 2.05) is 44.4 Å². The van der Waals surface area contributed by atoms with Gasteiger partial charge in [0.25, 0.3) is 5.56 Å². The maximum atomic E-state index is 12.7. The summed E-state index contributed by atoms with van der Waals surface area (Å²) in [6.07, 6.45) is 1.95. The number of halogens is 1. The highest BCUT2D eigenvalue weighted by atomic mass is 35.5. The van der Waals surface area contributed by atoms with Gasteiger partial charge in [-0.2, -0.15) is 11.8 Å². The minimum absolute atomic E-state index is 0.0901. The zero-order chi connectivity index (χ0) is 15.6. The predicted octanol–water partition coefficient (Wildman–Crippen LogP) is 2.92. The number of thioether (sulfide) groups is 1. The zero-order valence-electron chi connectivity index (χ0n) is 12.1. The number of aromatic amines is 1. The maximum absolute atomic E-state index is 12.7. The van der Waals surface area contributed by atoms with Crippen LogP contribution in [-0.2, 0) is 6.54 Å². The first-order chi connectivity index (χ1) is 9.95. The van der Waals surface area contributed by atoms with Gasteiger partial charge in [0.1, 0.15) is 5.15 Å². The molecule has 1 N–H and O–H groups in total. The molecule has 0 saturated carbocycles. The van der Waals surface area contributed by atoms with Crippen LogP contribution in [0.2, 0.25) is 5.15 Å². The van der Waals surface area contributed by atoms with Crippen LogP contribution in [0.4, 0.5) is 0 Å².